The van der Waals surface area contributed by atoms with Crippen molar-refractivity contribution in [1.29, 1.82) is 0 Å². The summed E-state index contributed by atoms with van der Waals surface area (Å²) in [6.07, 6.45) is 8.62. The Hall–Kier alpha value is -2.06. The molecule has 4 N–H and O–H groups in total. The van der Waals surface area contributed by atoms with Crippen LogP contribution in [0.4, 0.5) is 0 Å². The lowest BCUT2D eigenvalue weighted by Crippen LogP contribution is -2.14. The van der Waals surface area contributed by atoms with Gasteiger partial charge in [0.05, 0.1) is 35.9 Å². The fourth-order valence-corrected chi connectivity index (χ4v) is 4.84. The number of imidazole rings is 2. The van der Waals surface area contributed by atoms with Gasteiger partial charge < -0.3 is 20.6 Å². The van der Waals surface area contributed by atoms with Gasteiger partial charge in [-0.2, -0.15) is 0 Å². The Morgan fingerprint density at radius 2 is 0.889 bits per heavy atom. The molecule has 2 unspecified atom stereocenters. The zero-order valence-electron chi connectivity index (χ0n) is 19.7. The van der Waals surface area contributed by atoms with Gasteiger partial charge >= 0.3 is 0 Å². The molecule has 0 aliphatic carbocycles. The van der Waals surface area contributed by atoms with E-state index in [1.165, 1.54) is 24.0 Å². The second kappa shape index (κ2) is 13.5. The molecule has 2 aliphatic rings. The van der Waals surface area contributed by atoms with E-state index in [9.17, 15) is 0 Å². The van der Waals surface area contributed by atoms with E-state index >= 15 is 0 Å². The van der Waals surface area contributed by atoms with Crippen LogP contribution >= 0.6 is 49.6 Å². The smallest absolute Gasteiger partial charge is 0.123 e. The molecule has 0 saturated carbocycles. The first-order chi connectivity index (χ1) is 15.8. The Labute approximate surface area is 236 Å². The van der Waals surface area contributed by atoms with Gasteiger partial charge in [-0.3, -0.25) is 0 Å². The summed E-state index contributed by atoms with van der Waals surface area (Å²) in [4.78, 5) is 16.2. The summed E-state index contributed by atoms with van der Waals surface area (Å²) in [6.45, 7) is 2.15. The number of nitrogens with zero attached hydrogens (tertiary/aromatic N) is 2. The predicted octanol–water partition coefficient (Wildman–Crippen LogP) is 6.67. The number of nitrogens with one attached hydrogen (secondary N) is 4. The first kappa shape index (κ1) is 30.2. The van der Waals surface area contributed by atoms with Gasteiger partial charge in [-0.25, -0.2) is 9.97 Å². The molecule has 0 bridgehead atoms. The largest absolute Gasteiger partial charge is 0.341 e. The van der Waals surface area contributed by atoms with Crippen molar-refractivity contribution in [3.05, 3.63) is 72.6 Å². The molecule has 0 spiro atoms. The highest BCUT2D eigenvalue weighted by molar-refractivity contribution is 5.86. The normalized spacial score (nSPS) is 18.4. The molecule has 2 saturated heterocycles. The molecule has 4 aromatic rings. The number of rotatable bonds is 5. The molecule has 6 nitrogen and oxygen atoms in total. The number of hydrogen-bond donors (Lipinski definition) is 4. The SMILES string of the molecule is Cl.Cl.Cl.Cl.c1cc(-c2cnc(C3CCCN3)[nH]2)ccc1-c1ccc(-c2cnc(C3CCCN3)[nH]2)cc1. The molecular formula is C26H32Cl4N6. The standard InChI is InChI=1S/C26H28N6.4ClH/c1-3-21(27-13-1)25-29-15-23(31-25)19-9-5-17(6-10-19)18-7-11-20(12-8-18)24-16-30-26(32-24)22-4-2-14-28-22;;;;/h5-12,15-16,21-22,27-28H,1-4,13-14H2,(H,29,31)(H,30,32);4*1H. The van der Waals surface area contributed by atoms with Gasteiger partial charge in [0.1, 0.15) is 11.6 Å². The molecule has 2 aromatic heterocycles. The van der Waals surface area contributed by atoms with Crippen LogP contribution in [0.3, 0.4) is 0 Å². The second-order valence-corrected chi connectivity index (χ2v) is 8.82. The van der Waals surface area contributed by atoms with E-state index in [0.29, 0.717) is 12.1 Å². The van der Waals surface area contributed by atoms with Crippen molar-refractivity contribution in [2.45, 2.75) is 37.8 Å². The first-order valence-electron chi connectivity index (χ1n) is 11.6. The molecule has 6 rings (SSSR count). The molecule has 36 heavy (non-hydrogen) atoms. The lowest BCUT2D eigenvalue weighted by Gasteiger charge is -2.07. The van der Waals surface area contributed by atoms with Crippen molar-refractivity contribution in [2.75, 3.05) is 13.1 Å². The molecule has 194 valence electrons. The quantitative estimate of drug-likeness (QED) is 0.216. The molecule has 4 heterocycles. The zero-order chi connectivity index (χ0) is 21.3. The molecule has 0 radical (unpaired) electrons. The van der Waals surface area contributed by atoms with E-state index in [4.69, 9.17) is 0 Å². The van der Waals surface area contributed by atoms with Crippen LogP contribution in [0.25, 0.3) is 33.6 Å². The minimum atomic E-state index is 0. The van der Waals surface area contributed by atoms with Crippen molar-refractivity contribution >= 4 is 49.6 Å². The average Bonchev–Trinajstić information content (AvgIpc) is 3.66. The number of halogens is 4. The molecule has 0 amide bonds. The summed E-state index contributed by atoms with van der Waals surface area (Å²) < 4.78 is 0. The maximum Gasteiger partial charge on any atom is 0.123 e. The average molecular weight is 570 g/mol. The number of aromatic amines is 2. The zero-order valence-corrected chi connectivity index (χ0v) is 23.0. The van der Waals surface area contributed by atoms with Crippen molar-refractivity contribution in [3.8, 4) is 33.6 Å². The van der Waals surface area contributed by atoms with Crippen LogP contribution in [-0.2, 0) is 0 Å². The Balaban J connectivity index is 0.00000114. The van der Waals surface area contributed by atoms with E-state index in [2.05, 4.69) is 79.1 Å². The first-order valence-corrected chi connectivity index (χ1v) is 11.6. The Morgan fingerprint density at radius 3 is 1.22 bits per heavy atom. The summed E-state index contributed by atoms with van der Waals surface area (Å²) in [5.74, 6) is 2.09. The van der Waals surface area contributed by atoms with Gasteiger partial charge in [0, 0.05) is 0 Å². The maximum absolute atomic E-state index is 4.59. The van der Waals surface area contributed by atoms with Crippen LogP contribution in [0.15, 0.2) is 60.9 Å². The highest BCUT2D eigenvalue weighted by Crippen LogP contribution is 2.29. The van der Waals surface area contributed by atoms with Crippen molar-refractivity contribution < 1.29 is 0 Å². The van der Waals surface area contributed by atoms with E-state index in [1.807, 2.05) is 12.4 Å². The van der Waals surface area contributed by atoms with Crippen LogP contribution < -0.4 is 10.6 Å². The van der Waals surface area contributed by atoms with E-state index < -0.39 is 0 Å². The molecule has 2 aromatic carbocycles. The van der Waals surface area contributed by atoms with E-state index in [0.717, 1.165) is 60.1 Å². The highest BCUT2D eigenvalue weighted by Gasteiger charge is 2.20. The van der Waals surface area contributed by atoms with Gasteiger partial charge in [-0.1, -0.05) is 48.5 Å². The minimum absolute atomic E-state index is 0. The number of H-pyrrole nitrogens is 2. The van der Waals surface area contributed by atoms with E-state index in [1.54, 1.807) is 0 Å². The van der Waals surface area contributed by atoms with Crippen molar-refractivity contribution in [2.24, 2.45) is 0 Å². The minimum Gasteiger partial charge on any atom is -0.341 e. The summed E-state index contributed by atoms with van der Waals surface area (Å²) >= 11 is 0. The van der Waals surface area contributed by atoms with Crippen molar-refractivity contribution in [3.63, 3.8) is 0 Å². The second-order valence-electron chi connectivity index (χ2n) is 8.82. The fourth-order valence-electron chi connectivity index (χ4n) is 4.84. The van der Waals surface area contributed by atoms with Crippen LogP contribution in [0.2, 0.25) is 0 Å². The Bertz CT molecular complexity index is 1100. The maximum atomic E-state index is 4.59. The number of hydrogen-bond acceptors (Lipinski definition) is 4. The van der Waals surface area contributed by atoms with Crippen LogP contribution in [0.1, 0.15) is 49.4 Å². The highest BCUT2D eigenvalue weighted by atomic mass is 35.5. The van der Waals surface area contributed by atoms with E-state index in [-0.39, 0.29) is 49.6 Å². The Morgan fingerprint density at radius 1 is 0.528 bits per heavy atom. The van der Waals surface area contributed by atoms with Gasteiger partial charge in [0.2, 0.25) is 0 Å². The third-order valence-corrected chi connectivity index (χ3v) is 6.70. The molecule has 10 heteroatoms. The van der Waals surface area contributed by atoms with Gasteiger partial charge in [0.25, 0.3) is 0 Å². The summed E-state index contributed by atoms with van der Waals surface area (Å²) in [6, 6.07) is 18.1. The van der Waals surface area contributed by atoms with Gasteiger partial charge in [0.15, 0.2) is 0 Å². The van der Waals surface area contributed by atoms with Gasteiger partial charge in [-0.15, -0.1) is 49.6 Å². The topological polar surface area (TPSA) is 81.4 Å². The van der Waals surface area contributed by atoms with Crippen molar-refractivity contribution in [1.82, 2.24) is 30.6 Å². The molecule has 2 fully saturated rings. The predicted molar refractivity (Wildman–Crippen MR) is 156 cm³/mol. The summed E-state index contributed by atoms with van der Waals surface area (Å²) in [7, 11) is 0. The Kier molecular flexibility index (Phi) is 11.3. The monoisotopic (exact) mass is 568 g/mol. The lowest BCUT2D eigenvalue weighted by atomic mass is 10.0. The third-order valence-electron chi connectivity index (χ3n) is 6.70. The third kappa shape index (κ3) is 6.25. The molecule has 2 aliphatic heterocycles. The fraction of sp³-hybridized carbons (Fsp3) is 0.308. The molecule has 2 atom stereocenters. The summed E-state index contributed by atoms with van der Waals surface area (Å²) in [5, 5.41) is 6.99. The van der Waals surface area contributed by atoms with Crippen LogP contribution in [-0.4, -0.2) is 33.0 Å². The number of benzene rings is 2. The summed E-state index contributed by atoms with van der Waals surface area (Å²) in [5.41, 5.74) is 6.88. The number of aromatic nitrogens is 4. The molecular weight excluding hydrogens is 538 g/mol. The lowest BCUT2D eigenvalue weighted by molar-refractivity contribution is 0.613. The van der Waals surface area contributed by atoms with Gasteiger partial charge in [-0.05, 0) is 61.0 Å². The van der Waals surface area contributed by atoms with Crippen LogP contribution in [0, 0.1) is 0 Å². The van der Waals surface area contributed by atoms with Crippen LogP contribution in [0.5, 0.6) is 0 Å².